The average molecular weight is 1270 g/mol. The van der Waals surface area contributed by atoms with Crippen LogP contribution < -0.4 is 10.2 Å². The van der Waals surface area contributed by atoms with Crippen LogP contribution >= 0.6 is 7.82 Å². The quantitative estimate of drug-likeness (QED) is 0.0272. The number of carbonyl (C=O) groups excluding carboxylic acids is 1. The van der Waals surface area contributed by atoms with Gasteiger partial charge in [-0.2, -0.15) is 0 Å². The molecule has 0 radical (unpaired) electrons. The second-order valence-electron chi connectivity index (χ2n) is 27.3. The monoisotopic (exact) mass is 1270 g/mol. The SMILES string of the molecule is CC/C=C\C/C=C\C/C=C\C/C=C\C/C=C\C/C=C\CCCCCCCCCCCCCCCCCCCCCCCCC(=O)NC(COP(=O)([O-])OCC[N+](C)(C)C)C(O)/C=C/CCCCCCCCCCCCCCCCCCCCCCCCCC. The summed E-state index contributed by atoms with van der Waals surface area (Å²) in [4.78, 5) is 25.7. The second-order valence-corrected chi connectivity index (χ2v) is 28.7. The Balaban J connectivity index is 3.96. The van der Waals surface area contributed by atoms with Gasteiger partial charge in [0.25, 0.3) is 7.82 Å². The number of aliphatic hydroxyl groups is 1. The van der Waals surface area contributed by atoms with E-state index in [1.165, 1.54) is 270 Å². The van der Waals surface area contributed by atoms with Gasteiger partial charge in [-0.3, -0.25) is 9.36 Å². The first kappa shape index (κ1) is 86.7. The van der Waals surface area contributed by atoms with E-state index in [9.17, 15) is 19.4 Å². The normalized spacial score (nSPS) is 14.0. The predicted molar refractivity (Wildman–Crippen MR) is 390 cm³/mol. The Morgan fingerprint density at radius 1 is 0.404 bits per heavy atom. The van der Waals surface area contributed by atoms with Crippen molar-refractivity contribution >= 4 is 13.7 Å². The number of nitrogens with zero attached hydrogens (tertiary/aromatic N) is 1. The molecule has 3 unspecified atom stereocenters. The van der Waals surface area contributed by atoms with E-state index in [0.717, 1.165) is 77.0 Å². The number of unbranched alkanes of at least 4 members (excludes halogenated alkanes) is 46. The summed E-state index contributed by atoms with van der Waals surface area (Å²) in [5.74, 6) is -0.191. The summed E-state index contributed by atoms with van der Waals surface area (Å²) in [7, 11) is 1.27. The van der Waals surface area contributed by atoms with E-state index in [1.807, 2.05) is 27.2 Å². The van der Waals surface area contributed by atoms with E-state index < -0.39 is 20.0 Å². The molecule has 0 aromatic rings. The summed E-state index contributed by atoms with van der Waals surface area (Å²) >= 11 is 0. The minimum Gasteiger partial charge on any atom is -0.756 e. The number of allylic oxidation sites excluding steroid dienone is 13. The van der Waals surface area contributed by atoms with Crippen LogP contribution in [0.4, 0.5) is 0 Å². The topological polar surface area (TPSA) is 108 Å². The molecule has 0 rings (SSSR count). The fourth-order valence-electron chi connectivity index (χ4n) is 11.5. The van der Waals surface area contributed by atoms with Crippen molar-refractivity contribution in [2.45, 2.75) is 379 Å². The van der Waals surface area contributed by atoms with Crippen LogP contribution in [0.1, 0.15) is 367 Å². The zero-order valence-corrected chi connectivity index (χ0v) is 60.5. The molecule has 8 nitrogen and oxygen atoms in total. The number of phosphoric ester groups is 1. The standard InChI is InChI=1S/C80H149N2O6P/c1-6-8-10-12-14-16-18-20-22-24-26-28-30-32-34-35-36-37-38-39-40-41-42-43-44-45-46-47-48-50-52-54-56-58-60-62-64-66-68-70-72-74-80(84)81-78(77-88-89(85,86)87-76-75-82(3,4)5)79(83)73-71-69-67-65-63-61-59-57-55-53-51-49-33-31-29-27-25-23-21-19-17-15-13-11-9-7-2/h8,10,14,16,20,22,26,28,32,34,36-37,71,73,78-79,83H,6-7,9,11-13,15,17-19,21,23-25,27,29-31,33,35,38-70,72,74-77H2,1-5H3,(H-,81,84,85,86)/b10-8-,16-14-,22-20-,28-26-,34-32-,37-36-,73-71+. The maximum Gasteiger partial charge on any atom is 0.268 e. The molecule has 0 spiro atoms. The number of likely N-dealkylation sites (N-methyl/N-ethyl adjacent to an activating group) is 1. The molecule has 0 fully saturated rings. The smallest absolute Gasteiger partial charge is 0.268 e. The lowest BCUT2D eigenvalue weighted by molar-refractivity contribution is -0.870. The van der Waals surface area contributed by atoms with Crippen molar-refractivity contribution in [1.29, 1.82) is 0 Å². The van der Waals surface area contributed by atoms with Gasteiger partial charge in [0.2, 0.25) is 5.91 Å². The third-order valence-corrected chi connectivity index (χ3v) is 18.3. The van der Waals surface area contributed by atoms with E-state index in [1.54, 1.807) is 6.08 Å². The molecule has 0 aromatic heterocycles. The number of aliphatic hydroxyl groups excluding tert-OH is 1. The number of carbonyl (C=O) groups is 1. The zero-order valence-electron chi connectivity index (χ0n) is 59.6. The van der Waals surface area contributed by atoms with Crippen LogP contribution in [-0.2, 0) is 18.4 Å². The highest BCUT2D eigenvalue weighted by Crippen LogP contribution is 2.38. The summed E-state index contributed by atoms with van der Waals surface area (Å²) in [6, 6.07) is -0.889. The van der Waals surface area contributed by atoms with Gasteiger partial charge in [-0.25, -0.2) is 0 Å². The fourth-order valence-corrected chi connectivity index (χ4v) is 12.2. The number of hydrogen-bond donors (Lipinski definition) is 2. The number of hydrogen-bond acceptors (Lipinski definition) is 6. The Labute approximate surface area is 554 Å². The van der Waals surface area contributed by atoms with Crippen LogP contribution in [0, 0.1) is 0 Å². The molecule has 0 saturated heterocycles. The number of quaternary nitrogens is 1. The summed E-state index contributed by atoms with van der Waals surface area (Å²) in [6.45, 7) is 4.58. The van der Waals surface area contributed by atoms with Crippen LogP contribution in [0.15, 0.2) is 85.1 Å². The van der Waals surface area contributed by atoms with Crippen molar-refractivity contribution < 1.29 is 32.9 Å². The first-order chi connectivity index (χ1) is 43.5. The molecule has 89 heavy (non-hydrogen) atoms. The van der Waals surface area contributed by atoms with Gasteiger partial charge in [-0.1, -0.05) is 375 Å². The van der Waals surface area contributed by atoms with Crippen molar-refractivity contribution in [3.05, 3.63) is 85.1 Å². The van der Waals surface area contributed by atoms with Crippen LogP contribution in [0.2, 0.25) is 0 Å². The number of nitrogens with one attached hydrogen (secondary N) is 1. The van der Waals surface area contributed by atoms with Crippen molar-refractivity contribution in [3.8, 4) is 0 Å². The molecule has 2 N–H and O–H groups in total. The summed E-state index contributed by atoms with van der Waals surface area (Å²) in [5.41, 5.74) is 0. The van der Waals surface area contributed by atoms with Crippen LogP contribution in [0.25, 0.3) is 0 Å². The number of phosphoric acid groups is 1. The minimum atomic E-state index is -4.61. The van der Waals surface area contributed by atoms with Crippen molar-refractivity contribution in [1.82, 2.24) is 5.32 Å². The first-order valence-electron chi connectivity index (χ1n) is 38.4. The van der Waals surface area contributed by atoms with Crippen LogP contribution in [-0.4, -0.2) is 68.5 Å². The van der Waals surface area contributed by atoms with E-state index in [2.05, 4.69) is 92.1 Å². The molecule has 0 heterocycles. The minimum absolute atomic E-state index is 0.000617. The van der Waals surface area contributed by atoms with Gasteiger partial charge < -0.3 is 28.8 Å². The zero-order chi connectivity index (χ0) is 64.8. The highest BCUT2D eigenvalue weighted by Gasteiger charge is 2.23. The maximum absolute atomic E-state index is 13.1. The molecular weight excluding hydrogens is 1120 g/mol. The summed E-state index contributed by atoms with van der Waals surface area (Å²) in [6.07, 6.45) is 100. The lowest BCUT2D eigenvalue weighted by atomic mass is 10.0. The molecule has 0 aliphatic carbocycles. The van der Waals surface area contributed by atoms with Gasteiger partial charge in [0.1, 0.15) is 13.2 Å². The molecule has 3 atom stereocenters. The van der Waals surface area contributed by atoms with Crippen molar-refractivity contribution in [3.63, 3.8) is 0 Å². The van der Waals surface area contributed by atoms with E-state index in [-0.39, 0.29) is 19.1 Å². The Morgan fingerprint density at radius 2 is 0.685 bits per heavy atom. The van der Waals surface area contributed by atoms with Gasteiger partial charge in [0.05, 0.1) is 39.9 Å². The Morgan fingerprint density at radius 3 is 1.00 bits per heavy atom. The van der Waals surface area contributed by atoms with Gasteiger partial charge in [0, 0.05) is 6.42 Å². The molecule has 520 valence electrons. The molecule has 0 aliphatic heterocycles. The van der Waals surface area contributed by atoms with E-state index in [0.29, 0.717) is 17.4 Å². The third kappa shape index (κ3) is 73.0. The molecule has 1 amide bonds. The van der Waals surface area contributed by atoms with Gasteiger partial charge in [0.15, 0.2) is 0 Å². The van der Waals surface area contributed by atoms with E-state index >= 15 is 0 Å². The molecule has 0 saturated carbocycles. The van der Waals surface area contributed by atoms with Gasteiger partial charge in [-0.05, 0) is 70.6 Å². The largest absolute Gasteiger partial charge is 0.756 e. The van der Waals surface area contributed by atoms with Crippen molar-refractivity contribution in [2.24, 2.45) is 0 Å². The van der Waals surface area contributed by atoms with Crippen LogP contribution in [0.3, 0.4) is 0 Å². The lowest BCUT2D eigenvalue weighted by Gasteiger charge is -2.29. The number of amides is 1. The molecule has 0 bridgehead atoms. The summed E-state index contributed by atoms with van der Waals surface area (Å²) in [5, 5.41) is 14.0. The summed E-state index contributed by atoms with van der Waals surface area (Å²) < 4.78 is 23.5. The van der Waals surface area contributed by atoms with Gasteiger partial charge in [-0.15, -0.1) is 0 Å². The third-order valence-electron chi connectivity index (χ3n) is 17.4. The Kier molecular flexibility index (Phi) is 68.2. The molecule has 0 aliphatic rings. The lowest BCUT2D eigenvalue weighted by Crippen LogP contribution is -2.45. The van der Waals surface area contributed by atoms with Crippen LogP contribution in [0.5, 0.6) is 0 Å². The second kappa shape index (κ2) is 70.0. The first-order valence-corrected chi connectivity index (χ1v) is 39.9. The predicted octanol–water partition coefficient (Wildman–Crippen LogP) is 24.4. The average Bonchev–Trinajstić information content (AvgIpc) is 3.61. The molecular formula is C80H149N2O6P. The maximum atomic E-state index is 13.1. The Bertz CT molecular complexity index is 1730. The fraction of sp³-hybridized carbons (Fsp3) is 0.812. The van der Waals surface area contributed by atoms with E-state index in [4.69, 9.17) is 9.05 Å². The van der Waals surface area contributed by atoms with Gasteiger partial charge >= 0.3 is 0 Å². The highest BCUT2D eigenvalue weighted by atomic mass is 31.2. The molecule has 0 aromatic carbocycles. The number of rotatable bonds is 71. The highest BCUT2D eigenvalue weighted by molar-refractivity contribution is 7.45. The van der Waals surface area contributed by atoms with Crippen molar-refractivity contribution in [2.75, 3.05) is 40.9 Å². The Hall–Kier alpha value is -2.32. The molecule has 9 heteroatoms.